The first kappa shape index (κ1) is 12.5. The van der Waals surface area contributed by atoms with E-state index in [0.717, 1.165) is 16.7 Å². The molecule has 0 saturated heterocycles. The van der Waals surface area contributed by atoms with Gasteiger partial charge in [0.2, 0.25) is 0 Å². The van der Waals surface area contributed by atoms with Crippen molar-refractivity contribution in [3.8, 4) is 0 Å². The lowest BCUT2D eigenvalue weighted by atomic mass is 10.1. The van der Waals surface area contributed by atoms with Crippen molar-refractivity contribution in [2.75, 3.05) is 0 Å². The lowest BCUT2D eigenvalue weighted by molar-refractivity contribution is 0.909. The summed E-state index contributed by atoms with van der Waals surface area (Å²) < 4.78 is 0. The predicted molar refractivity (Wildman–Crippen MR) is 83.4 cm³/mol. The van der Waals surface area contributed by atoms with Crippen molar-refractivity contribution in [1.82, 2.24) is 9.97 Å². The maximum absolute atomic E-state index is 4.67. The van der Waals surface area contributed by atoms with Gasteiger partial charge in [0, 0.05) is 12.1 Å². The fourth-order valence-electron chi connectivity index (χ4n) is 2.11. The number of aromatic nitrogens is 2. The minimum Gasteiger partial charge on any atom is -0.253 e. The molecule has 20 heavy (non-hydrogen) atoms. The fourth-order valence-corrected chi connectivity index (χ4v) is 2.11. The molecule has 0 fully saturated rings. The van der Waals surface area contributed by atoms with Gasteiger partial charge in [-0.05, 0) is 17.7 Å². The van der Waals surface area contributed by atoms with Gasteiger partial charge in [-0.15, -0.1) is 0 Å². The Hall–Kier alpha value is -2.48. The Morgan fingerprint density at radius 2 is 1.60 bits per heavy atom. The minimum absolute atomic E-state index is 0.243. The third-order valence-corrected chi connectivity index (χ3v) is 3.31. The zero-order chi connectivity index (χ0) is 13.8. The van der Waals surface area contributed by atoms with Crippen LogP contribution in [0.4, 0.5) is 0 Å². The molecule has 0 N–H and O–H groups in total. The largest absolute Gasteiger partial charge is 0.253 e. The van der Waals surface area contributed by atoms with E-state index in [-0.39, 0.29) is 5.92 Å². The number of hydrogen-bond donors (Lipinski definition) is 0. The molecular formula is C18H16N2. The van der Waals surface area contributed by atoms with Gasteiger partial charge in [0.05, 0.1) is 16.7 Å². The molecule has 1 aromatic heterocycles. The van der Waals surface area contributed by atoms with Crippen LogP contribution in [-0.4, -0.2) is 9.97 Å². The third kappa shape index (κ3) is 2.75. The van der Waals surface area contributed by atoms with Crippen molar-refractivity contribution in [2.24, 2.45) is 0 Å². The van der Waals surface area contributed by atoms with Crippen LogP contribution in [0.15, 0.2) is 66.9 Å². The smallest absolute Gasteiger partial charge is 0.0890 e. The van der Waals surface area contributed by atoms with E-state index in [4.69, 9.17) is 0 Å². The summed E-state index contributed by atoms with van der Waals surface area (Å²) >= 11 is 0. The summed E-state index contributed by atoms with van der Waals surface area (Å²) in [6.45, 7) is 2.14. The molecule has 2 heteroatoms. The normalized spacial score (nSPS) is 12.8. The van der Waals surface area contributed by atoms with Gasteiger partial charge in [-0.25, -0.2) is 4.98 Å². The highest BCUT2D eigenvalue weighted by molar-refractivity contribution is 5.73. The zero-order valence-corrected chi connectivity index (χ0v) is 11.4. The minimum atomic E-state index is 0.243. The number of para-hydroxylation sites is 2. The first-order valence-corrected chi connectivity index (χ1v) is 6.78. The Balaban J connectivity index is 1.85. The Kier molecular flexibility index (Phi) is 3.55. The summed E-state index contributed by atoms with van der Waals surface area (Å²) in [4.78, 5) is 9.13. The molecule has 1 unspecified atom stereocenters. The van der Waals surface area contributed by atoms with Crippen LogP contribution in [0.2, 0.25) is 0 Å². The molecule has 98 valence electrons. The molecule has 2 aromatic carbocycles. The van der Waals surface area contributed by atoms with Gasteiger partial charge in [-0.1, -0.05) is 61.5 Å². The van der Waals surface area contributed by atoms with Gasteiger partial charge in [0.15, 0.2) is 0 Å². The van der Waals surface area contributed by atoms with Gasteiger partial charge in [-0.2, -0.15) is 0 Å². The van der Waals surface area contributed by atoms with Gasteiger partial charge in [0.25, 0.3) is 0 Å². The summed E-state index contributed by atoms with van der Waals surface area (Å²) in [7, 11) is 0. The summed E-state index contributed by atoms with van der Waals surface area (Å²) in [6, 6.07) is 18.2. The van der Waals surface area contributed by atoms with Crippen LogP contribution in [0, 0.1) is 0 Å². The highest BCUT2D eigenvalue weighted by Gasteiger charge is 2.05. The Morgan fingerprint density at radius 1 is 0.900 bits per heavy atom. The van der Waals surface area contributed by atoms with E-state index in [2.05, 4.69) is 41.2 Å². The number of fused-ring (bicyclic) bond motifs is 1. The van der Waals surface area contributed by atoms with Crippen LogP contribution in [-0.2, 0) is 0 Å². The highest BCUT2D eigenvalue weighted by Crippen LogP contribution is 2.18. The molecule has 0 spiro atoms. The Morgan fingerprint density at radius 3 is 2.40 bits per heavy atom. The Bertz CT molecular complexity index is 733. The molecule has 0 bridgehead atoms. The van der Waals surface area contributed by atoms with Crippen molar-refractivity contribution in [2.45, 2.75) is 12.8 Å². The van der Waals surface area contributed by atoms with E-state index >= 15 is 0 Å². The van der Waals surface area contributed by atoms with E-state index in [0.29, 0.717) is 0 Å². The second kappa shape index (κ2) is 5.66. The van der Waals surface area contributed by atoms with Crippen molar-refractivity contribution >= 4 is 17.1 Å². The predicted octanol–water partition coefficient (Wildman–Crippen LogP) is 4.45. The number of allylic oxidation sites excluding steroid dienone is 1. The SMILES string of the molecule is CC(/C=C/c1ccccc1)c1cnc2ccccc2n1. The first-order chi connectivity index (χ1) is 9.83. The summed E-state index contributed by atoms with van der Waals surface area (Å²) in [5.41, 5.74) is 4.09. The summed E-state index contributed by atoms with van der Waals surface area (Å²) in [5, 5.41) is 0. The Labute approximate surface area is 118 Å². The molecule has 0 aliphatic rings. The van der Waals surface area contributed by atoms with E-state index in [1.165, 1.54) is 5.56 Å². The standard InChI is InChI=1S/C18H16N2/c1-14(11-12-15-7-3-2-4-8-15)18-13-19-16-9-5-6-10-17(16)20-18/h2-14H,1H3/b12-11+. The summed E-state index contributed by atoms with van der Waals surface area (Å²) in [6.07, 6.45) is 6.15. The maximum atomic E-state index is 4.67. The molecule has 3 rings (SSSR count). The van der Waals surface area contributed by atoms with Crippen LogP contribution < -0.4 is 0 Å². The second-order valence-corrected chi connectivity index (χ2v) is 4.84. The van der Waals surface area contributed by atoms with E-state index in [9.17, 15) is 0 Å². The average Bonchev–Trinajstić information content (AvgIpc) is 2.53. The average molecular weight is 260 g/mol. The van der Waals surface area contributed by atoms with Gasteiger partial charge < -0.3 is 0 Å². The van der Waals surface area contributed by atoms with Gasteiger partial charge in [-0.3, -0.25) is 4.98 Å². The van der Waals surface area contributed by atoms with E-state index < -0.39 is 0 Å². The molecule has 0 amide bonds. The number of nitrogens with zero attached hydrogens (tertiary/aromatic N) is 2. The third-order valence-electron chi connectivity index (χ3n) is 3.31. The molecule has 1 heterocycles. The quantitative estimate of drug-likeness (QED) is 0.695. The number of hydrogen-bond acceptors (Lipinski definition) is 2. The molecule has 1 atom stereocenters. The topological polar surface area (TPSA) is 25.8 Å². The van der Waals surface area contributed by atoms with E-state index in [1.807, 2.05) is 48.7 Å². The zero-order valence-electron chi connectivity index (χ0n) is 11.4. The molecular weight excluding hydrogens is 244 g/mol. The lowest BCUT2D eigenvalue weighted by Gasteiger charge is -2.06. The van der Waals surface area contributed by atoms with Crippen molar-refractivity contribution < 1.29 is 0 Å². The molecule has 0 saturated carbocycles. The van der Waals surface area contributed by atoms with Crippen LogP contribution in [0.5, 0.6) is 0 Å². The second-order valence-electron chi connectivity index (χ2n) is 4.84. The summed E-state index contributed by atoms with van der Waals surface area (Å²) in [5.74, 6) is 0.243. The lowest BCUT2D eigenvalue weighted by Crippen LogP contribution is -1.96. The van der Waals surface area contributed by atoms with Gasteiger partial charge in [0.1, 0.15) is 0 Å². The van der Waals surface area contributed by atoms with Crippen molar-refractivity contribution in [3.05, 3.63) is 78.1 Å². The molecule has 0 aliphatic carbocycles. The van der Waals surface area contributed by atoms with Crippen LogP contribution in [0.3, 0.4) is 0 Å². The molecule has 0 aliphatic heterocycles. The van der Waals surface area contributed by atoms with E-state index in [1.54, 1.807) is 0 Å². The van der Waals surface area contributed by atoms with Crippen LogP contribution in [0.1, 0.15) is 24.1 Å². The molecule has 0 radical (unpaired) electrons. The van der Waals surface area contributed by atoms with Crippen LogP contribution >= 0.6 is 0 Å². The fraction of sp³-hybridized carbons (Fsp3) is 0.111. The maximum Gasteiger partial charge on any atom is 0.0890 e. The molecule has 3 aromatic rings. The first-order valence-electron chi connectivity index (χ1n) is 6.78. The van der Waals surface area contributed by atoms with Crippen molar-refractivity contribution in [3.63, 3.8) is 0 Å². The molecule has 2 nitrogen and oxygen atoms in total. The van der Waals surface area contributed by atoms with Crippen LogP contribution in [0.25, 0.3) is 17.1 Å². The highest BCUT2D eigenvalue weighted by atomic mass is 14.8. The van der Waals surface area contributed by atoms with Crippen molar-refractivity contribution in [1.29, 1.82) is 0 Å². The number of rotatable bonds is 3. The monoisotopic (exact) mass is 260 g/mol. The van der Waals surface area contributed by atoms with Gasteiger partial charge >= 0.3 is 0 Å². The number of benzene rings is 2.